The topological polar surface area (TPSA) is 138 Å². The summed E-state index contributed by atoms with van der Waals surface area (Å²) in [5, 5.41) is 25.4. The number of nitrogens with zero attached hydrogens (tertiary/aromatic N) is 4. The van der Waals surface area contributed by atoms with E-state index in [0.717, 1.165) is 39.3 Å². The fourth-order valence-corrected chi connectivity index (χ4v) is 7.14. The molecule has 0 spiro atoms. The normalized spacial score (nSPS) is 12.8. The SMILES string of the molecule is CCSc1nc(NCc2ccn[nH]2)c2c3c(c(-c4ccc(F)c5sc(NC(=O)OC(C)(C)C)c(C#N)c45)c(Cl)c2n1)COC3. The predicted octanol–water partition coefficient (Wildman–Crippen LogP) is 8.00. The van der Waals surface area contributed by atoms with Crippen LogP contribution in [0.5, 0.6) is 0 Å². The Morgan fingerprint density at radius 1 is 1.25 bits per heavy atom. The highest BCUT2D eigenvalue weighted by Crippen LogP contribution is 2.49. The Labute approximate surface area is 265 Å². The van der Waals surface area contributed by atoms with E-state index in [0.29, 0.717) is 51.2 Å². The van der Waals surface area contributed by atoms with Crippen LogP contribution in [-0.2, 0) is 29.2 Å². The number of hydrogen-bond acceptors (Lipinski definition) is 10. The average Bonchev–Trinajstić information content (AvgIpc) is 3.73. The second kappa shape index (κ2) is 11.9. The van der Waals surface area contributed by atoms with Gasteiger partial charge in [0.25, 0.3) is 0 Å². The van der Waals surface area contributed by atoms with Gasteiger partial charge >= 0.3 is 6.09 Å². The molecule has 0 bridgehead atoms. The fraction of sp³-hybridized carbons (Fsp3) is 0.300. The summed E-state index contributed by atoms with van der Waals surface area (Å²) in [6, 6.07) is 6.98. The van der Waals surface area contributed by atoms with Crippen LogP contribution in [0.3, 0.4) is 0 Å². The zero-order chi connectivity index (χ0) is 31.2. The highest BCUT2D eigenvalue weighted by Gasteiger charge is 2.30. The van der Waals surface area contributed by atoms with Gasteiger partial charge in [-0.25, -0.2) is 19.2 Å². The molecular formula is C30H27ClFN7O3S2. The summed E-state index contributed by atoms with van der Waals surface area (Å²) in [4.78, 5) is 22.3. The second-order valence-electron chi connectivity index (χ2n) is 10.9. The molecule has 6 rings (SSSR count). The molecule has 0 radical (unpaired) electrons. The molecule has 0 unspecified atom stereocenters. The minimum Gasteiger partial charge on any atom is -0.444 e. The maximum absolute atomic E-state index is 15.3. The van der Waals surface area contributed by atoms with Crippen molar-refractivity contribution in [3.63, 3.8) is 0 Å². The third-order valence-corrected chi connectivity index (χ3v) is 9.05. The number of nitriles is 1. The lowest BCUT2D eigenvalue weighted by Crippen LogP contribution is -2.27. The van der Waals surface area contributed by atoms with Gasteiger partial charge in [0.1, 0.15) is 28.3 Å². The van der Waals surface area contributed by atoms with E-state index in [4.69, 9.17) is 31.0 Å². The molecule has 0 fully saturated rings. The first-order chi connectivity index (χ1) is 21.1. The number of ether oxygens (including phenoxy) is 2. The third-order valence-electron chi connectivity index (χ3n) is 6.84. The first kappa shape index (κ1) is 30.1. The van der Waals surface area contributed by atoms with Gasteiger partial charge in [0.2, 0.25) is 0 Å². The largest absolute Gasteiger partial charge is 0.444 e. The lowest BCUT2D eigenvalue weighted by molar-refractivity contribution is 0.0636. The number of anilines is 2. The highest BCUT2D eigenvalue weighted by atomic mass is 35.5. The number of aromatic amines is 1. The third kappa shape index (κ3) is 5.54. The van der Waals surface area contributed by atoms with E-state index >= 15 is 4.39 Å². The maximum Gasteiger partial charge on any atom is 0.412 e. The Balaban J connectivity index is 1.57. The van der Waals surface area contributed by atoms with Crippen LogP contribution >= 0.6 is 34.7 Å². The van der Waals surface area contributed by atoms with Crippen molar-refractivity contribution in [2.45, 2.75) is 58.2 Å². The zero-order valence-electron chi connectivity index (χ0n) is 24.2. The highest BCUT2D eigenvalue weighted by molar-refractivity contribution is 7.99. The van der Waals surface area contributed by atoms with Crippen molar-refractivity contribution >= 4 is 72.6 Å². The molecule has 1 aliphatic rings. The number of amides is 1. The number of H-pyrrole nitrogens is 1. The van der Waals surface area contributed by atoms with Crippen molar-refractivity contribution in [3.8, 4) is 17.2 Å². The molecule has 5 aromatic rings. The van der Waals surface area contributed by atoms with Crippen LogP contribution < -0.4 is 10.6 Å². The molecule has 0 saturated heterocycles. The van der Waals surface area contributed by atoms with Gasteiger partial charge < -0.3 is 14.8 Å². The number of thioether (sulfide) groups is 1. The molecule has 3 N–H and O–H groups in total. The number of rotatable bonds is 7. The summed E-state index contributed by atoms with van der Waals surface area (Å²) in [5.74, 6) is 0.829. The Bertz CT molecular complexity index is 1970. The van der Waals surface area contributed by atoms with Crippen LogP contribution in [-0.4, -0.2) is 37.6 Å². The van der Waals surface area contributed by atoms with Gasteiger partial charge in [-0.2, -0.15) is 10.4 Å². The number of halogens is 2. The molecule has 44 heavy (non-hydrogen) atoms. The molecule has 0 saturated carbocycles. The molecule has 3 aromatic heterocycles. The van der Waals surface area contributed by atoms with Gasteiger partial charge in [-0.3, -0.25) is 10.4 Å². The number of fused-ring (bicyclic) bond motifs is 4. The van der Waals surface area contributed by atoms with Crippen molar-refractivity contribution in [2.24, 2.45) is 0 Å². The lowest BCUT2D eigenvalue weighted by atomic mass is 9.91. The molecular weight excluding hydrogens is 625 g/mol. The quantitative estimate of drug-likeness (QED) is 0.118. The monoisotopic (exact) mass is 651 g/mol. The fourth-order valence-electron chi connectivity index (χ4n) is 5.15. The summed E-state index contributed by atoms with van der Waals surface area (Å²) >= 11 is 9.69. The summed E-state index contributed by atoms with van der Waals surface area (Å²) < 4.78 is 26.8. The van der Waals surface area contributed by atoms with Crippen LogP contribution in [0.2, 0.25) is 5.02 Å². The van der Waals surface area contributed by atoms with E-state index in [1.807, 2.05) is 13.0 Å². The number of hydrogen-bond donors (Lipinski definition) is 3. The summed E-state index contributed by atoms with van der Waals surface area (Å²) in [5.41, 5.74) is 3.54. The number of thiophene rings is 1. The van der Waals surface area contributed by atoms with Gasteiger partial charge in [-0.05, 0) is 55.3 Å². The molecule has 0 atom stereocenters. The van der Waals surface area contributed by atoms with E-state index in [1.165, 1.54) is 17.8 Å². The van der Waals surface area contributed by atoms with E-state index < -0.39 is 17.5 Å². The van der Waals surface area contributed by atoms with Gasteiger partial charge in [0.15, 0.2) is 5.16 Å². The van der Waals surface area contributed by atoms with Crippen molar-refractivity contribution < 1.29 is 18.7 Å². The number of carbonyl (C=O) groups is 1. The number of carbonyl (C=O) groups excluding carboxylic acids is 1. The molecule has 4 heterocycles. The first-order valence-corrected chi connectivity index (χ1v) is 15.9. The zero-order valence-corrected chi connectivity index (χ0v) is 26.6. The smallest absolute Gasteiger partial charge is 0.412 e. The van der Waals surface area contributed by atoms with Gasteiger partial charge in [-0.15, -0.1) is 11.3 Å². The van der Waals surface area contributed by atoms with E-state index in [2.05, 4.69) is 26.9 Å². The van der Waals surface area contributed by atoms with E-state index in [1.54, 1.807) is 33.0 Å². The van der Waals surface area contributed by atoms with Crippen LogP contribution in [0, 0.1) is 17.1 Å². The van der Waals surface area contributed by atoms with Crippen LogP contribution in [0.4, 0.5) is 20.0 Å². The molecule has 0 aliphatic carbocycles. The predicted molar refractivity (Wildman–Crippen MR) is 171 cm³/mol. The minimum atomic E-state index is -0.758. The Kier molecular flexibility index (Phi) is 8.10. The number of benzene rings is 2. The number of nitrogens with one attached hydrogen (secondary N) is 3. The van der Waals surface area contributed by atoms with Crippen molar-refractivity contribution in [1.29, 1.82) is 5.26 Å². The van der Waals surface area contributed by atoms with Gasteiger partial charge in [-0.1, -0.05) is 36.4 Å². The Hall–Kier alpha value is -3.96. The van der Waals surface area contributed by atoms with Crippen LogP contribution in [0.25, 0.3) is 32.1 Å². The molecule has 226 valence electrons. The lowest BCUT2D eigenvalue weighted by Gasteiger charge is -2.19. The van der Waals surface area contributed by atoms with Gasteiger partial charge in [0, 0.05) is 17.1 Å². The van der Waals surface area contributed by atoms with Crippen molar-refractivity contribution in [2.75, 3.05) is 16.4 Å². The van der Waals surface area contributed by atoms with E-state index in [-0.39, 0.29) is 21.9 Å². The minimum absolute atomic E-state index is 0.112. The van der Waals surface area contributed by atoms with Crippen LogP contribution in [0.1, 0.15) is 50.1 Å². The van der Waals surface area contributed by atoms with Crippen molar-refractivity contribution in [3.05, 3.63) is 57.6 Å². The molecule has 1 aliphatic heterocycles. The first-order valence-electron chi connectivity index (χ1n) is 13.7. The van der Waals surface area contributed by atoms with E-state index in [9.17, 15) is 10.1 Å². The Morgan fingerprint density at radius 2 is 2.05 bits per heavy atom. The summed E-state index contributed by atoms with van der Waals surface area (Å²) in [6.07, 6.45) is 0.938. The van der Waals surface area contributed by atoms with Crippen LogP contribution in [0.15, 0.2) is 29.6 Å². The average molecular weight is 652 g/mol. The summed E-state index contributed by atoms with van der Waals surface area (Å²) in [6.45, 7) is 8.20. The molecule has 1 amide bonds. The van der Waals surface area contributed by atoms with Crippen molar-refractivity contribution in [1.82, 2.24) is 20.2 Å². The second-order valence-corrected chi connectivity index (χ2v) is 13.6. The number of aromatic nitrogens is 4. The molecule has 10 nitrogen and oxygen atoms in total. The Morgan fingerprint density at radius 3 is 2.75 bits per heavy atom. The maximum atomic E-state index is 15.3. The molecule has 2 aromatic carbocycles. The summed E-state index contributed by atoms with van der Waals surface area (Å²) in [7, 11) is 0. The van der Waals surface area contributed by atoms with Gasteiger partial charge in [0.05, 0.1) is 51.6 Å². The standard InChI is InChI=1S/C30H27ClFN7O3S2/c1-5-43-28-36-24-22(26(37-28)34-11-14-8-9-35-39-14)18-13-41-12-17(18)20(23(24)31)15-6-7-19(32)25-21(15)16(10-33)27(44-25)38-29(40)42-30(2,3)4/h6-9H,5,11-13H2,1-4H3,(H,35,39)(H,38,40)(H,34,36,37). The molecule has 14 heteroatoms.